The van der Waals surface area contributed by atoms with Crippen LogP contribution in [-0.4, -0.2) is 21.7 Å². The van der Waals surface area contributed by atoms with E-state index >= 15 is 0 Å². The molecule has 3 rings (SSSR count). The molecule has 2 heterocycles. The summed E-state index contributed by atoms with van der Waals surface area (Å²) in [7, 11) is 0. The molecule has 0 unspecified atom stereocenters. The molecular formula is C18H18N2O2S2. The molecule has 0 bridgehead atoms. The smallest absolute Gasteiger partial charge is 0.316 e. The molecule has 124 valence electrons. The van der Waals surface area contributed by atoms with Crippen molar-refractivity contribution in [1.29, 1.82) is 0 Å². The van der Waals surface area contributed by atoms with Crippen LogP contribution < -0.4 is 0 Å². The van der Waals surface area contributed by atoms with Crippen LogP contribution in [0.15, 0.2) is 47.1 Å². The fourth-order valence-electron chi connectivity index (χ4n) is 2.21. The van der Waals surface area contributed by atoms with Crippen LogP contribution in [0, 0.1) is 0 Å². The maximum atomic E-state index is 12.0. The molecule has 0 saturated carbocycles. The Morgan fingerprint density at radius 1 is 1.21 bits per heavy atom. The van der Waals surface area contributed by atoms with E-state index in [4.69, 9.17) is 4.74 Å². The van der Waals surface area contributed by atoms with E-state index in [0.29, 0.717) is 12.5 Å². The Kier molecular flexibility index (Phi) is 5.48. The monoisotopic (exact) mass is 358 g/mol. The Morgan fingerprint density at radius 2 is 2.00 bits per heavy atom. The van der Waals surface area contributed by atoms with Crippen LogP contribution in [0.5, 0.6) is 0 Å². The number of esters is 1. The molecule has 0 atom stereocenters. The molecular weight excluding hydrogens is 340 g/mol. The highest BCUT2D eigenvalue weighted by molar-refractivity contribution is 8.00. The van der Waals surface area contributed by atoms with Crippen molar-refractivity contribution in [3.05, 3.63) is 53.2 Å². The van der Waals surface area contributed by atoms with Gasteiger partial charge in [0.2, 0.25) is 0 Å². The third-order valence-corrected chi connectivity index (χ3v) is 5.40. The SMILES string of the molecule is CC(C)c1ccc(COC(=O)CSc2ncnc3sccc23)cc1. The summed E-state index contributed by atoms with van der Waals surface area (Å²) in [5.41, 5.74) is 2.28. The zero-order valence-corrected chi connectivity index (χ0v) is 15.2. The highest BCUT2D eigenvalue weighted by Gasteiger charge is 2.10. The van der Waals surface area contributed by atoms with Crippen LogP contribution in [0.25, 0.3) is 10.2 Å². The normalized spacial score (nSPS) is 11.1. The lowest BCUT2D eigenvalue weighted by molar-refractivity contribution is -0.141. The number of carbonyl (C=O) groups excluding carboxylic acids is 1. The number of aromatic nitrogens is 2. The summed E-state index contributed by atoms with van der Waals surface area (Å²) >= 11 is 2.95. The highest BCUT2D eigenvalue weighted by atomic mass is 32.2. The molecule has 0 aliphatic heterocycles. The van der Waals surface area contributed by atoms with E-state index in [0.717, 1.165) is 20.8 Å². The number of benzene rings is 1. The maximum Gasteiger partial charge on any atom is 0.316 e. The molecule has 0 saturated heterocycles. The number of ether oxygens (including phenoxy) is 1. The quantitative estimate of drug-likeness (QED) is 0.365. The van der Waals surface area contributed by atoms with Gasteiger partial charge in [-0.1, -0.05) is 49.9 Å². The summed E-state index contributed by atoms with van der Waals surface area (Å²) < 4.78 is 5.34. The van der Waals surface area contributed by atoms with Crippen molar-refractivity contribution in [3.8, 4) is 0 Å². The topological polar surface area (TPSA) is 52.1 Å². The minimum absolute atomic E-state index is 0.241. The summed E-state index contributed by atoms with van der Waals surface area (Å²) in [6.07, 6.45) is 1.53. The van der Waals surface area contributed by atoms with E-state index in [-0.39, 0.29) is 11.7 Å². The Labute approximate surface area is 149 Å². The first-order valence-electron chi connectivity index (χ1n) is 7.69. The van der Waals surface area contributed by atoms with Gasteiger partial charge in [-0.25, -0.2) is 9.97 Å². The molecule has 6 heteroatoms. The number of thioether (sulfide) groups is 1. The first-order valence-corrected chi connectivity index (χ1v) is 9.55. The number of carbonyl (C=O) groups is 1. The number of hydrogen-bond acceptors (Lipinski definition) is 6. The van der Waals surface area contributed by atoms with Gasteiger partial charge in [-0.05, 0) is 28.5 Å². The van der Waals surface area contributed by atoms with E-state index in [1.165, 1.54) is 23.7 Å². The van der Waals surface area contributed by atoms with Crippen LogP contribution >= 0.6 is 23.1 Å². The van der Waals surface area contributed by atoms with Crippen molar-refractivity contribution in [2.75, 3.05) is 5.75 Å². The van der Waals surface area contributed by atoms with Gasteiger partial charge in [-0.15, -0.1) is 11.3 Å². The zero-order chi connectivity index (χ0) is 16.9. The number of thiophene rings is 1. The predicted octanol–water partition coefficient (Wildman–Crippen LogP) is 4.65. The van der Waals surface area contributed by atoms with Gasteiger partial charge < -0.3 is 4.74 Å². The number of fused-ring (bicyclic) bond motifs is 1. The summed E-state index contributed by atoms with van der Waals surface area (Å²) in [4.78, 5) is 21.3. The van der Waals surface area contributed by atoms with Gasteiger partial charge in [0.05, 0.1) is 5.75 Å². The van der Waals surface area contributed by atoms with Crippen molar-refractivity contribution >= 4 is 39.3 Å². The molecule has 4 nitrogen and oxygen atoms in total. The third-order valence-electron chi connectivity index (χ3n) is 3.60. The van der Waals surface area contributed by atoms with E-state index < -0.39 is 0 Å². The van der Waals surface area contributed by atoms with E-state index in [2.05, 4.69) is 35.9 Å². The third kappa shape index (κ3) is 4.13. The van der Waals surface area contributed by atoms with Gasteiger partial charge in [-0.3, -0.25) is 4.79 Å². The van der Waals surface area contributed by atoms with Crippen LogP contribution in [0.4, 0.5) is 0 Å². The first kappa shape index (κ1) is 16.9. The molecule has 3 aromatic rings. The van der Waals surface area contributed by atoms with Gasteiger partial charge in [0.1, 0.15) is 22.8 Å². The second-order valence-corrected chi connectivity index (χ2v) is 7.52. The molecule has 1 aromatic carbocycles. The zero-order valence-electron chi connectivity index (χ0n) is 13.6. The standard InChI is InChI=1S/C18H18N2O2S2/c1-12(2)14-5-3-13(4-6-14)9-22-16(21)10-24-18-15-7-8-23-17(15)19-11-20-18/h3-8,11-12H,9-10H2,1-2H3. The molecule has 0 fully saturated rings. The maximum absolute atomic E-state index is 12.0. The van der Waals surface area contributed by atoms with Crippen LogP contribution in [0.2, 0.25) is 0 Å². The van der Waals surface area contributed by atoms with Crippen LogP contribution in [0.3, 0.4) is 0 Å². The van der Waals surface area contributed by atoms with Crippen molar-refractivity contribution in [2.24, 2.45) is 0 Å². The number of hydrogen-bond donors (Lipinski definition) is 0. The van der Waals surface area contributed by atoms with E-state index in [1.807, 2.05) is 23.6 Å². The molecule has 0 radical (unpaired) electrons. The Morgan fingerprint density at radius 3 is 2.75 bits per heavy atom. The lowest BCUT2D eigenvalue weighted by Crippen LogP contribution is -2.07. The largest absolute Gasteiger partial charge is 0.460 e. The second-order valence-electron chi connectivity index (χ2n) is 5.66. The van der Waals surface area contributed by atoms with Crippen molar-refractivity contribution < 1.29 is 9.53 Å². The van der Waals surface area contributed by atoms with E-state index in [9.17, 15) is 4.79 Å². The Hall–Kier alpha value is -1.92. The van der Waals surface area contributed by atoms with Gasteiger partial charge >= 0.3 is 5.97 Å². The van der Waals surface area contributed by atoms with Gasteiger partial charge in [-0.2, -0.15) is 0 Å². The molecule has 0 aliphatic rings. The molecule has 2 aromatic heterocycles. The fourth-order valence-corrected chi connectivity index (χ4v) is 3.79. The Bertz CT molecular complexity index is 828. The minimum atomic E-state index is -0.241. The number of rotatable bonds is 6. The summed E-state index contributed by atoms with van der Waals surface area (Å²) in [6.45, 7) is 4.61. The van der Waals surface area contributed by atoms with Crippen molar-refractivity contribution in [1.82, 2.24) is 9.97 Å². The average Bonchev–Trinajstić information content (AvgIpc) is 3.07. The lowest BCUT2D eigenvalue weighted by Gasteiger charge is -2.08. The molecule has 0 aliphatic carbocycles. The second kappa shape index (κ2) is 7.77. The predicted molar refractivity (Wildman–Crippen MR) is 98.5 cm³/mol. The van der Waals surface area contributed by atoms with Crippen molar-refractivity contribution in [2.45, 2.75) is 31.4 Å². The summed E-state index contributed by atoms with van der Waals surface area (Å²) in [5.74, 6) is 0.501. The minimum Gasteiger partial charge on any atom is -0.460 e. The summed E-state index contributed by atoms with van der Waals surface area (Å²) in [5, 5.41) is 3.78. The van der Waals surface area contributed by atoms with Crippen LogP contribution in [0.1, 0.15) is 30.9 Å². The van der Waals surface area contributed by atoms with E-state index in [1.54, 1.807) is 11.3 Å². The molecule has 0 amide bonds. The van der Waals surface area contributed by atoms with Gasteiger partial charge in [0, 0.05) is 5.39 Å². The molecule has 0 spiro atoms. The highest BCUT2D eigenvalue weighted by Crippen LogP contribution is 2.27. The Balaban J connectivity index is 1.51. The van der Waals surface area contributed by atoms with Crippen molar-refractivity contribution in [3.63, 3.8) is 0 Å². The average molecular weight is 358 g/mol. The summed E-state index contributed by atoms with van der Waals surface area (Å²) in [6, 6.07) is 10.2. The fraction of sp³-hybridized carbons (Fsp3) is 0.278. The molecule has 0 N–H and O–H groups in total. The number of nitrogens with zero attached hydrogens (tertiary/aromatic N) is 2. The van der Waals surface area contributed by atoms with Gasteiger partial charge in [0.15, 0.2) is 0 Å². The first-order chi connectivity index (χ1) is 11.6. The van der Waals surface area contributed by atoms with Crippen LogP contribution in [-0.2, 0) is 16.1 Å². The lowest BCUT2D eigenvalue weighted by atomic mass is 10.0. The van der Waals surface area contributed by atoms with Gasteiger partial charge in [0.25, 0.3) is 0 Å². The molecule has 24 heavy (non-hydrogen) atoms.